The van der Waals surface area contributed by atoms with E-state index in [0.29, 0.717) is 11.5 Å². The van der Waals surface area contributed by atoms with Crippen LogP contribution >= 0.6 is 0 Å². The van der Waals surface area contributed by atoms with Crippen LogP contribution in [0.2, 0.25) is 0 Å². The third-order valence-electron chi connectivity index (χ3n) is 3.42. The Morgan fingerprint density at radius 2 is 2.12 bits per heavy atom. The van der Waals surface area contributed by atoms with Gasteiger partial charge in [-0.3, -0.25) is 0 Å². The SMILES string of the molecule is CC(C)(C)OC(=O)NC1CCC2(CNC2)C1. The summed E-state index contributed by atoms with van der Waals surface area (Å²) in [7, 11) is 0. The minimum absolute atomic E-state index is 0.276. The highest BCUT2D eigenvalue weighted by molar-refractivity contribution is 5.68. The van der Waals surface area contributed by atoms with Crippen LogP contribution in [-0.4, -0.2) is 30.8 Å². The maximum atomic E-state index is 11.6. The van der Waals surface area contributed by atoms with E-state index in [1.807, 2.05) is 20.8 Å². The van der Waals surface area contributed by atoms with Gasteiger partial charge in [-0.25, -0.2) is 4.79 Å². The summed E-state index contributed by atoms with van der Waals surface area (Å²) in [5.74, 6) is 0. The molecule has 0 aromatic carbocycles. The van der Waals surface area contributed by atoms with E-state index in [2.05, 4.69) is 10.6 Å². The van der Waals surface area contributed by atoms with Gasteiger partial charge in [0.2, 0.25) is 0 Å². The molecular formula is C12H22N2O2. The minimum Gasteiger partial charge on any atom is -0.444 e. The minimum atomic E-state index is -0.404. The summed E-state index contributed by atoms with van der Waals surface area (Å²) < 4.78 is 5.25. The summed E-state index contributed by atoms with van der Waals surface area (Å²) in [4.78, 5) is 11.6. The number of hydrogen-bond donors (Lipinski definition) is 2. The summed E-state index contributed by atoms with van der Waals surface area (Å²) in [6, 6.07) is 0.303. The van der Waals surface area contributed by atoms with Crippen molar-refractivity contribution in [2.45, 2.75) is 51.7 Å². The Kier molecular flexibility index (Phi) is 2.86. The third-order valence-corrected chi connectivity index (χ3v) is 3.42. The smallest absolute Gasteiger partial charge is 0.407 e. The van der Waals surface area contributed by atoms with Crippen LogP contribution in [0.3, 0.4) is 0 Å². The number of carbonyl (C=O) groups excluding carboxylic acids is 1. The molecule has 0 bridgehead atoms. The lowest BCUT2D eigenvalue weighted by Crippen LogP contribution is -2.52. The summed E-state index contributed by atoms with van der Waals surface area (Å²) >= 11 is 0. The molecule has 0 aromatic rings. The van der Waals surface area contributed by atoms with E-state index < -0.39 is 5.60 Å². The van der Waals surface area contributed by atoms with Gasteiger partial charge >= 0.3 is 6.09 Å². The van der Waals surface area contributed by atoms with Crippen LogP contribution < -0.4 is 10.6 Å². The first-order valence-corrected chi connectivity index (χ1v) is 6.09. The molecule has 0 radical (unpaired) electrons. The van der Waals surface area contributed by atoms with Crippen molar-refractivity contribution >= 4 is 6.09 Å². The molecule has 1 saturated carbocycles. The zero-order chi connectivity index (χ0) is 11.8. The molecule has 0 aromatic heterocycles. The Balaban J connectivity index is 1.76. The molecule has 1 aliphatic carbocycles. The second-order valence-corrected chi connectivity index (χ2v) is 6.19. The standard InChI is InChI=1S/C12H22N2O2/c1-11(2,3)16-10(15)14-9-4-5-12(6-9)7-13-8-12/h9,13H,4-8H2,1-3H3,(H,14,15). The predicted octanol–water partition coefficient (Wildman–Crippen LogP) is 1.65. The highest BCUT2D eigenvalue weighted by atomic mass is 16.6. The molecule has 4 nitrogen and oxygen atoms in total. The number of hydrogen-bond acceptors (Lipinski definition) is 3. The van der Waals surface area contributed by atoms with E-state index in [1.165, 1.54) is 6.42 Å². The van der Waals surface area contributed by atoms with Crippen LogP contribution in [0.1, 0.15) is 40.0 Å². The van der Waals surface area contributed by atoms with Crippen molar-refractivity contribution in [2.75, 3.05) is 13.1 Å². The van der Waals surface area contributed by atoms with Crippen molar-refractivity contribution in [3.63, 3.8) is 0 Å². The lowest BCUT2D eigenvalue weighted by atomic mass is 9.80. The van der Waals surface area contributed by atoms with Gasteiger partial charge in [-0.1, -0.05) is 0 Å². The highest BCUT2D eigenvalue weighted by Gasteiger charge is 2.44. The number of rotatable bonds is 1. The zero-order valence-electron chi connectivity index (χ0n) is 10.4. The second kappa shape index (κ2) is 3.91. The van der Waals surface area contributed by atoms with Crippen LogP contribution in [0.4, 0.5) is 4.79 Å². The van der Waals surface area contributed by atoms with Crippen LogP contribution in [0.5, 0.6) is 0 Å². The molecule has 2 fully saturated rings. The lowest BCUT2D eigenvalue weighted by molar-refractivity contribution is 0.0499. The van der Waals surface area contributed by atoms with Crippen LogP contribution in [0, 0.1) is 5.41 Å². The van der Waals surface area contributed by atoms with Crippen LogP contribution in [-0.2, 0) is 4.74 Å². The van der Waals surface area contributed by atoms with Gasteiger partial charge in [0, 0.05) is 19.1 Å². The number of amides is 1. The first-order valence-electron chi connectivity index (χ1n) is 6.09. The van der Waals surface area contributed by atoms with Gasteiger partial charge in [-0.15, -0.1) is 0 Å². The molecule has 4 heteroatoms. The molecule has 2 aliphatic rings. The van der Waals surface area contributed by atoms with Crippen molar-refractivity contribution in [3.05, 3.63) is 0 Å². The van der Waals surface area contributed by atoms with Gasteiger partial charge in [-0.2, -0.15) is 0 Å². The van der Waals surface area contributed by atoms with E-state index in [1.54, 1.807) is 0 Å². The van der Waals surface area contributed by atoms with Gasteiger partial charge in [0.15, 0.2) is 0 Å². The van der Waals surface area contributed by atoms with E-state index in [9.17, 15) is 4.79 Å². The fourth-order valence-corrected chi connectivity index (χ4v) is 2.60. The molecule has 1 heterocycles. The topological polar surface area (TPSA) is 50.4 Å². The number of ether oxygens (including phenoxy) is 1. The van der Waals surface area contributed by atoms with Crippen molar-refractivity contribution in [3.8, 4) is 0 Å². The van der Waals surface area contributed by atoms with Gasteiger partial charge in [-0.05, 0) is 45.4 Å². The van der Waals surface area contributed by atoms with E-state index in [0.717, 1.165) is 25.9 Å². The Morgan fingerprint density at radius 3 is 2.56 bits per heavy atom. The van der Waals surface area contributed by atoms with Crippen LogP contribution in [0.15, 0.2) is 0 Å². The zero-order valence-corrected chi connectivity index (χ0v) is 10.4. The summed E-state index contributed by atoms with van der Waals surface area (Å²) in [6.45, 7) is 7.88. The maximum Gasteiger partial charge on any atom is 0.407 e. The molecule has 2 N–H and O–H groups in total. The predicted molar refractivity (Wildman–Crippen MR) is 62.3 cm³/mol. The third kappa shape index (κ3) is 2.67. The Bertz CT molecular complexity index is 279. The molecule has 1 aliphatic heterocycles. The quantitative estimate of drug-likeness (QED) is 0.715. The fourth-order valence-electron chi connectivity index (χ4n) is 2.60. The molecule has 1 saturated heterocycles. The maximum absolute atomic E-state index is 11.6. The lowest BCUT2D eigenvalue weighted by Gasteiger charge is -2.39. The molecule has 2 rings (SSSR count). The van der Waals surface area contributed by atoms with Crippen molar-refractivity contribution in [1.82, 2.24) is 10.6 Å². The summed E-state index contributed by atoms with van der Waals surface area (Å²) in [5, 5.41) is 6.28. The normalized spacial score (nSPS) is 27.6. The summed E-state index contributed by atoms with van der Waals surface area (Å²) in [5.41, 5.74) is 0.0675. The monoisotopic (exact) mass is 226 g/mol. The second-order valence-electron chi connectivity index (χ2n) is 6.19. The first-order chi connectivity index (χ1) is 7.39. The molecule has 1 unspecified atom stereocenters. The number of nitrogens with one attached hydrogen (secondary N) is 2. The molecule has 1 amide bonds. The van der Waals surface area contributed by atoms with Crippen molar-refractivity contribution in [1.29, 1.82) is 0 Å². The Morgan fingerprint density at radius 1 is 1.44 bits per heavy atom. The van der Waals surface area contributed by atoms with Crippen molar-refractivity contribution in [2.24, 2.45) is 5.41 Å². The largest absolute Gasteiger partial charge is 0.444 e. The molecule has 1 atom stereocenters. The average Bonchev–Trinajstić information content (AvgIpc) is 2.43. The molecule has 92 valence electrons. The van der Waals surface area contributed by atoms with Crippen LogP contribution in [0.25, 0.3) is 0 Å². The fraction of sp³-hybridized carbons (Fsp3) is 0.917. The highest BCUT2D eigenvalue weighted by Crippen LogP contribution is 2.41. The molecular weight excluding hydrogens is 204 g/mol. The Hall–Kier alpha value is -0.770. The first kappa shape index (κ1) is 11.7. The average molecular weight is 226 g/mol. The molecule has 1 spiro atoms. The van der Waals surface area contributed by atoms with Gasteiger partial charge < -0.3 is 15.4 Å². The van der Waals surface area contributed by atoms with E-state index in [-0.39, 0.29) is 6.09 Å². The van der Waals surface area contributed by atoms with Gasteiger partial charge in [0.1, 0.15) is 5.60 Å². The van der Waals surface area contributed by atoms with Crippen molar-refractivity contribution < 1.29 is 9.53 Å². The van der Waals surface area contributed by atoms with Gasteiger partial charge in [0.05, 0.1) is 0 Å². The van der Waals surface area contributed by atoms with E-state index in [4.69, 9.17) is 4.74 Å². The van der Waals surface area contributed by atoms with Gasteiger partial charge in [0.25, 0.3) is 0 Å². The number of carbonyl (C=O) groups is 1. The number of alkyl carbamates (subject to hydrolysis) is 1. The van der Waals surface area contributed by atoms with E-state index >= 15 is 0 Å². The Labute approximate surface area is 97.1 Å². The summed E-state index contributed by atoms with van der Waals surface area (Å²) in [6.07, 6.45) is 3.13. The molecule has 16 heavy (non-hydrogen) atoms.